The lowest BCUT2D eigenvalue weighted by molar-refractivity contribution is -0.113. The van der Waals surface area contributed by atoms with E-state index in [1.807, 2.05) is 6.07 Å². The van der Waals surface area contributed by atoms with E-state index >= 15 is 0 Å². The lowest BCUT2D eigenvalue weighted by atomic mass is 9.94. The molecule has 0 radical (unpaired) electrons. The Bertz CT molecular complexity index is 497. The number of amides is 1. The van der Waals surface area contributed by atoms with Crippen LogP contribution in [-0.2, 0) is 4.79 Å². The average molecular weight is 282 g/mol. The maximum Gasteiger partial charge on any atom is 0.251 e. The second-order valence-electron chi connectivity index (χ2n) is 5.02. The third kappa shape index (κ3) is 2.50. The fourth-order valence-electron chi connectivity index (χ4n) is 2.66. The van der Waals surface area contributed by atoms with Crippen LogP contribution in [0.1, 0.15) is 32.1 Å². The minimum absolute atomic E-state index is 0.0572. The van der Waals surface area contributed by atoms with Crippen LogP contribution in [0.2, 0.25) is 0 Å². The summed E-state index contributed by atoms with van der Waals surface area (Å²) in [6.07, 6.45) is 5.34. The van der Waals surface area contributed by atoms with Crippen LogP contribution < -0.4 is 14.8 Å². The molecular weight excluding hydrogens is 266 g/mol. The number of rotatable bonds is 2. The minimum atomic E-state index is -0.476. The normalized spacial score (nSPS) is 19.4. The van der Waals surface area contributed by atoms with Crippen LogP contribution >= 0.6 is 11.6 Å². The highest BCUT2D eigenvalue weighted by Gasteiger charge is 2.42. The third-order valence-corrected chi connectivity index (χ3v) is 3.80. The number of carbonyl (C=O) groups excluding carboxylic acids is 1. The van der Waals surface area contributed by atoms with E-state index in [1.165, 1.54) is 6.42 Å². The molecule has 1 fully saturated rings. The lowest BCUT2D eigenvalue weighted by Gasteiger charge is -2.31. The number of anilines is 1. The summed E-state index contributed by atoms with van der Waals surface area (Å²) >= 11 is 5.47. The van der Waals surface area contributed by atoms with Gasteiger partial charge < -0.3 is 14.8 Å². The van der Waals surface area contributed by atoms with Gasteiger partial charge in [-0.25, -0.2) is 0 Å². The van der Waals surface area contributed by atoms with Crippen LogP contribution in [0.25, 0.3) is 0 Å². The van der Waals surface area contributed by atoms with E-state index in [0.29, 0.717) is 11.4 Å². The standard InChI is InChI=1S/C14H16ClNO3/c15-9-13(17)16-10-4-5-11-12(8-10)19-14(18-11)6-2-1-3-7-14/h4-5,8H,1-3,6-7,9H2,(H,16,17). The Morgan fingerprint density at radius 3 is 2.68 bits per heavy atom. The van der Waals surface area contributed by atoms with Crippen molar-refractivity contribution >= 4 is 23.2 Å². The van der Waals surface area contributed by atoms with Crippen molar-refractivity contribution in [2.24, 2.45) is 0 Å². The molecule has 1 N–H and O–H groups in total. The molecule has 1 amide bonds. The first-order valence-corrected chi connectivity index (χ1v) is 7.12. The topological polar surface area (TPSA) is 47.6 Å². The van der Waals surface area contributed by atoms with E-state index in [9.17, 15) is 4.79 Å². The molecule has 5 heteroatoms. The zero-order valence-electron chi connectivity index (χ0n) is 10.6. The van der Waals surface area contributed by atoms with Crippen molar-refractivity contribution in [3.05, 3.63) is 18.2 Å². The summed E-state index contributed by atoms with van der Waals surface area (Å²) < 4.78 is 11.9. The van der Waals surface area contributed by atoms with E-state index in [-0.39, 0.29) is 11.8 Å². The number of benzene rings is 1. The van der Waals surface area contributed by atoms with Gasteiger partial charge in [0.15, 0.2) is 11.5 Å². The average Bonchev–Trinajstić information content (AvgIpc) is 2.76. The molecule has 1 aliphatic heterocycles. The van der Waals surface area contributed by atoms with Crippen molar-refractivity contribution in [3.8, 4) is 11.5 Å². The maximum absolute atomic E-state index is 11.3. The van der Waals surface area contributed by atoms with Crippen molar-refractivity contribution in [3.63, 3.8) is 0 Å². The Balaban J connectivity index is 1.78. The molecule has 0 atom stereocenters. The molecule has 2 aliphatic rings. The van der Waals surface area contributed by atoms with Crippen LogP contribution in [0.5, 0.6) is 11.5 Å². The number of ether oxygens (including phenoxy) is 2. The van der Waals surface area contributed by atoms with Gasteiger partial charge in [0.05, 0.1) is 0 Å². The van der Waals surface area contributed by atoms with Crippen LogP contribution in [0.4, 0.5) is 5.69 Å². The zero-order chi connectivity index (χ0) is 13.3. The first-order valence-electron chi connectivity index (χ1n) is 6.59. The maximum atomic E-state index is 11.3. The van der Waals surface area contributed by atoms with Gasteiger partial charge in [0.2, 0.25) is 5.91 Å². The van der Waals surface area contributed by atoms with Crippen molar-refractivity contribution < 1.29 is 14.3 Å². The molecule has 1 aromatic carbocycles. The summed E-state index contributed by atoms with van der Waals surface area (Å²) in [5.41, 5.74) is 0.681. The highest BCUT2D eigenvalue weighted by atomic mass is 35.5. The summed E-state index contributed by atoms with van der Waals surface area (Å²) in [5.74, 6) is 0.696. The molecule has 3 rings (SSSR count). The monoisotopic (exact) mass is 281 g/mol. The van der Waals surface area contributed by atoms with Crippen molar-refractivity contribution in [1.82, 2.24) is 0 Å². The fourth-order valence-corrected chi connectivity index (χ4v) is 2.73. The highest BCUT2D eigenvalue weighted by Crippen LogP contribution is 2.46. The molecular formula is C14H16ClNO3. The molecule has 4 nitrogen and oxygen atoms in total. The van der Waals surface area contributed by atoms with E-state index in [4.69, 9.17) is 21.1 Å². The van der Waals surface area contributed by atoms with Crippen LogP contribution in [0.15, 0.2) is 18.2 Å². The zero-order valence-corrected chi connectivity index (χ0v) is 11.3. The molecule has 102 valence electrons. The van der Waals surface area contributed by atoms with Gasteiger partial charge in [-0.2, -0.15) is 0 Å². The second-order valence-corrected chi connectivity index (χ2v) is 5.29. The van der Waals surface area contributed by atoms with Gasteiger partial charge in [0.1, 0.15) is 5.88 Å². The molecule has 1 aromatic rings. The van der Waals surface area contributed by atoms with E-state index in [1.54, 1.807) is 12.1 Å². The SMILES string of the molecule is O=C(CCl)Nc1ccc2c(c1)OC1(CCCCC1)O2. The van der Waals surface area contributed by atoms with Gasteiger partial charge in [-0.3, -0.25) is 4.79 Å². The number of nitrogens with one attached hydrogen (secondary N) is 1. The summed E-state index contributed by atoms with van der Waals surface area (Å²) in [4.78, 5) is 11.3. The highest BCUT2D eigenvalue weighted by molar-refractivity contribution is 6.29. The van der Waals surface area contributed by atoms with Gasteiger partial charge in [-0.15, -0.1) is 11.6 Å². The lowest BCUT2D eigenvalue weighted by Crippen LogP contribution is -2.40. The molecule has 0 saturated heterocycles. The quantitative estimate of drug-likeness (QED) is 0.846. The molecule has 1 spiro atoms. The van der Waals surface area contributed by atoms with Crippen molar-refractivity contribution in [2.75, 3.05) is 11.2 Å². The number of halogens is 1. The summed E-state index contributed by atoms with van der Waals surface area (Å²) in [7, 11) is 0. The minimum Gasteiger partial charge on any atom is -0.448 e. The van der Waals surface area contributed by atoms with Gasteiger partial charge in [-0.1, -0.05) is 6.42 Å². The van der Waals surface area contributed by atoms with Gasteiger partial charge in [-0.05, 0) is 25.0 Å². The summed E-state index contributed by atoms with van der Waals surface area (Å²) in [6, 6.07) is 5.43. The summed E-state index contributed by atoms with van der Waals surface area (Å²) in [6.45, 7) is 0. The number of alkyl halides is 1. The molecule has 1 saturated carbocycles. The molecule has 19 heavy (non-hydrogen) atoms. The third-order valence-electron chi connectivity index (χ3n) is 3.56. The van der Waals surface area contributed by atoms with Gasteiger partial charge in [0.25, 0.3) is 5.79 Å². The fraction of sp³-hybridized carbons (Fsp3) is 0.500. The van der Waals surface area contributed by atoms with Crippen molar-refractivity contribution in [2.45, 2.75) is 37.9 Å². The predicted octanol–water partition coefficient (Wildman–Crippen LogP) is 3.30. The largest absolute Gasteiger partial charge is 0.448 e. The van der Waals surface area contributed by atoms with Crippen LogP contribution in [0.3, 0.4) is 0 Å². The van der Waals surface area contributed by atoms with E-state index < -0.39 is 5.79 Å². The van der Waals surface area contributed by atoms with Gasteiger partial charge >= 0.3 is 0 Å². The van der Waals surface area contributed by atoms with Crippen molar-refractivity contribution in [1.29, 1.82) is 0 Å². The Kier molecular flexibility index (Phi) is 3.27. The van der Waals surface area contributed by atoms with E-state index in [0.717, 1.165) is 31.4 Å². The van der Waals surface area contributed by atoms with Crippen LogP contribution in [-0.4, -0.2) is 17.6 Å². The summed E-state index contributed by atoms with van der Waals surface area (Å²) in [5, 5.41) is 2.71. The number of hydrogen-bond donors (Lipinski definition) is 1. The number of carbonyl (C=O) groups is 1. The Hall–Kier alpha value is -1.42. The molecule has 0 aromatic heterocycles. The molecule has 0 unspecified atom stereocenters. The van der Waals surface area contributed by atoms with E-state index in [2.05, 4.69) is 5.32 Å². The first kappa shape index (κ1) is 12.6. The van der Waals surface area contributed by atoms with Crippen LogP contribution in [0, 0.1) is 0 Å². The number of fused-ring (bicyclic) bond motifs is 1. The predicted molar refractivity (Wildman–Crippen MR) is 72.9 cm³/mol. The smallest absolute Gasteiger partial charge is 0.251 e. The second kappa shape index (κ2) is 4.93. The molecule has 1 aliphatic carbocycles. The number of hydrogen-bond acceptors (Lipinski definition) is 3. The molecule has 0 bridgehead atoms. The Morgan fingerprint density at radius 1 is 1.21 bits per heavy atom. The Labute approximate surface area is 117 Å². The molecule has 1 heterocycles. The first-order chi connectivity index (χ1) is 9.21. The Morgan fingerprint density at radius 2 is 1.95 bits per heavy atom. The van der Waals surface area contributed by atoms with Gasteiger partial charge in [0, 0.05) is 24.6 Å².